The number of carbonyl (C=O) groups is 1. The highest BCUT2D eigenvalue weighted by Crippen LogP contribution is 2.25. The molecule has 3 N–H and O–H groups in total. The second kappa shape index (κ2) is 11.1. The average Bonchev–Trinajstić information content (AvgIpc) is 2.85. The SMILES string of the molecule is CCc1cc(=O)n(CCC(C(=O)NO)N(C)S(=O)(=O)c2ccc(Oc3ccccc3)cc2)c(=O)[nH]1. The lowest BCUT2D eigenvalue weighted by molar-refractivity contribution is -0.133. The Bertz CT molecular complexity index is 1350. The topological polar surface area (TPSA) is 151 Å². The average molecular weight is 503 g/mol. The van der Waals surface area contributed by atoms with Crippen molar-refractivity contribution in [3.05, 3.63) is 87.2 Å². The Morgan fingerprint density at radius 3 is 2.31 bits per heavy atom. The summed E-state index contributed by atoms with van der Waals surface area (Å²) in [5, 5.41) is 9.17. The summed E-state index contributed by atoms with van der Waals surface area (Å²) in [6.45, 7) is 1.52. The zero-order chi connectivity index (χ0) is 25.6. The monoisotopic (exact) mass is 502 g/mol. The fraction of sp³-hybridized carbons (Fsp3) is 0.261. The Morgan fingerprint density at radius 2 is 1.74 bits per heavy atom. The van der Waals surface area contributed by atoms with Crippen molar-refractivity contribution in [2.24, 2.45) is 0 Å². The van der Waals surface area contributed by atoms with Crippen LogP contribution < -0.4 is 21.5 Å². The number of rotatable bonds is 10. The number of aromatic amines is 1. The van der Waals surface area contributed by atoms with Crippen molar-refractivity contribution in [3.63, 3.8) is 0 Å². The van der Waals surface area contributed by atoms with Crippen molar-refractivity contribution in [3.8, 4) is 11.5 Å². The lowest BCUT2D eigenvalue weighted by atomic mass is 10.2. The van der Waals surface area contributed by atoms with E-state index in [0.717, 1.165) is 8.87 Å². The number of hydroxylamine groups is 1. The van der Waals surface area contributed by atoms with Gasteiger partial charge in [0.2, 0.25) is 10.0 Å². The third kappa shape index (κ3) is 6.04. The molecule has 1 atom stereocenters. The molecule has 0 fully saturated rings. The molecule has 0 saturated heterocycles. The van der Waals surface area contributed by atoms with Crippen LogP contribution in [0.5, 0.6) is 11.5 Å². The van der Waals surface area contributed by atoms with Crippen LogP contribution in [0.3, 0.4) is 0 Å². The Kier molecular flexibility index (Phi) is 8.22. The number of sulfonamides is 1. The van der Waals surface area contributed by atoms with Crippen LogP contribution in [0.4, 0.5) is 0 Å². The van der Waals surface area contributed by atoms with Crippen molar-refractivity contribution in [2.45, 2.75) is 37.2 Å². The predicted molar refractivity (Wildman–Crippen MR) is 127 cm³/mol. The highest BCUT2D eigenvalue weighted by molar-refractivity contribution is 7.89. The molecule has 1 unspecified atom stereocenters. The van der Waals surface area contributed by atoms with Crippen LogP contribution in [0.25, 0.3) is 0 Å². The number of para-hydroxylation sites is 1. The Hall–Kier alpha value is -3.74. The number of amides is 1. The minimum absolute atomic E-state index is 0.113. The molecule has 0 aliphatic heterocycles. The molecule has 0 spiro atoms. The second-order valence-electron chi connectivity index (χ2n) is 7.63. The molecule has 11 nitrogen and oxygen atoms in total. The third-order valence-electron chi connectivity index (χ3n) is 5.41. The second-order valence-corrected chi connectivity index (χ2v) is 9.63. The third-order valence-corrected chi connectivity index (χ3v) is 7.30. The molecule has 1 heterocycles. The van der Waals surface area contributed by atoms with Crippen LogP contribution >= 0.6 is 0 Å². The molecule has 0 bridgehead atoms. The first-order valence-electron chi connectivity index (χ1n) is 10.8. The Labute approximate surface area is 201 Å². The van der Waals surface area contributed by atoms with Crippen LogP contribution in [0, 0.1) is 0 Å². The molecule has 0 radical (unpaired) electrons. The van der Waals surface area contributed by atoms with Crippen LogP contribution in [-0.4, -0.2) is 46.5 Å². The molecule has 1 aromatic heterocycles. The quantitative estimate of drug-likeness (QED) is 0.281. The molecule has 1 amide bonds. The van der Waals surface area contributed by atoms with Gasteiger partial charge in [0, 0.05) is 25.4 Å². The van der Waals surface area contributed by atoms with Gasteiger partial charge in [-0.25, -0.2) is 18.7 Å². The maximum Gasteiger partial charge on any atom is 0.328 e. The van der Waals surface area contributed by atoms with E-state index in [4.69, 9.17) is 9.94 Å². The number of aryl methyl sites for hydroxylation is 1. The number of likely N-dealkylation sites (N-methyl/N-ethyl adjacent to an activating group) is 1. The standard InChI is InChI=1S/C23H26N4O7S/c1-3-16-15-21(28)27(23(30)24-16)14-13-20(22(29)25-31)26(2)35(32,33)19-11-9-18(10-12-19)34-17-7-5-4-6-8-17/h4-12,15,20,31H,3,13-14H2,1-2H3,(H,24,30)(H,25,29). The van der Waals surface area contributed by atoms with Gasteiger partial charge in [-0.15, -0.1) is 0 Å². The summed E-state index contributed by atoms with van der Waals surface area (Å²) in [5.41, 5.74) is 0.665. The van der Waals surface area contributed by atoms with Crippen LogP contribution in [-0.2, 0) is 27.8 Å². The number of aromatic nitrogens is 2. The Balaban J connectivity index is 1.81. The summed E-state index contributed by atoms with van der Waals surface area (Å²) in [5.74, 6) is -0.0107. The predicted octanol–water partition coefficient (Wildman–Crippen LogP) is 1.48. The van der Waals surface area contributed by atoms with E-state index in [1.165, 1.54) is 42.9 Å². The maximum atomic E-state index is 13.2. The van der Waals surface area contributed by atoms with Gasteiger partial charge in [0.1, 0.15) is 17.5 Å². The number of carbonyl (C=O) groups excluding carboxylic acids is 1. The number of hydrogen-bond acceptors (Lipinski definition) is 7. The van der Waals surface area contributed by atoms with Crippen LogP contribution in [0.1, 0.15) is 19.0 Å². The normalized spacial score (nSPS) is 12.3. The summed E-state index contributed by atoms with van der Waals surface area (Å²) in [6, 6.07) is 14.4. The van der Waals surface area contributed by atoms with E-state index in [0.29, 0.717) is 23.6 Å². The molecular weight excluding hydrogens is 476 g/mol. The van der Waals surface area contributed by atoms with Gasteiger partial charge in [-0.3, -0.25) is 19.4 Å². The van der Waals surface area contributed by atoms with Gasteiger partial charge in [0.15, 0.2) is 0 Å². The number of nitrogens with zero attached hydrogens (tertiary/aromatic N) is 2. The van der Waals surface area contributed by atoms with Crippen molar-refractivity contribution < 1.29 is 23.2 Å². The number of benzene rings is 2. The minimum Gasteiger partial charge on any atom is -0.457 e. The van der Waals surface area contributed by atoms with Gasteiger partial charge in [-0.2, -0.15) is 4.31 Å². The van der Waals surface area contributed by atoms with E-state index < -0.39 is 33.2 Å². The highest BCUT2D eigenvalue weighted by atomic mass is 32.2. The van der Waals surface area contributed by atoms with E-state index in [1.54, 1.807) is 31.2 Å². The van der Waals surface area contributed by atoms with Gasteiger partial charge >= 0.3 is 5.69 Å². The summed E-state index contributed by atoms with van der Waals surface area (Å²) >= 11 is 0. The van der Waals surface area contributed by atoms with Gasteiger partial charge in [-0.1, -0.05) is 25.1 Å². The summed E-state index contributed by atoms with van der Waals surface area (Å²) in [4.78, 5) is 39.3. The molecule has 0 saturated carbocycles. The zero-order valence-electron chi connectivity index (χ0n) is 19.2. The molecule has 0 aliphatic rings. The molecule has 2 aromatic carbocycles. The molecular formula is C23H26N4O7S. The fourth-order valence-corrected chi connectivity index (χ4v) is 4.76. The van der Waals surface area contributed by atoms with Crippen molar-refractivity contribution in [1.29, 1.82) is 0 Å². The lowest BCUT2D eigenvalue weighted by Gasteiger charge is -2.26. The summed E-state index contributed by atoms with van der Waals surface area (Å²) < 4.78 is 33.7. The molecule has 3 aromatic rings. The summed E-state index contributed by atoms with van der Waals surface area (Å²) in [6.07, 6.45) is 0.211. The maximum absolute atomic E-state index is 13.2. The number of ether oxygens (including phenoxy) is 1. The van der Waals surface area contributed by atoms with Gasteiger partial charge in [0.25, 0.3) is 11.5 Å². The van der Waals surface area contributed by atoms with E-state index in [-0.39, 0.29) is 17.9 Å². The summed E-state index contributed by atoms with van der Waals surface area (Å²) in [7, 11) is -3.01. The van der Waals surface area contributed by atoms with Crippen molar-refractivity contribution in [2.75, 3.05) is 7.05 Å². The Morgan fingerprint density at radius 1 is 1.11 bits per heavy atom. The highest BCUT2D eigenvalue weighted by Gasteiger charge is 2.33. The first-order chi connectivity index (χ1) is 16.7. The van der Waals surface area contributed by atoms with E-state index in [9.17, 15) is 22.8 Å². The first-order valence-corrected chi connectivity index (χ1v) is 12.2. The molecule has 186 valence electrons. The fourth-order valence-electron chi connectivity index (χ4n) is 3.41. The smallest absolute Gasteiger partial charge is 0.328 e. The van der Waals surface area contributed by atoms with E-state index in [2.05, 4.69) is 4.98 Å². The molecule has 12 heteroatoms. The minimum atomic E-state index is -4.19. The van der Waals surface area contributed by atoms with Crippen molar-refractivity contribution in [1.82, 2.24) is 19.3 Å². The van der Waals surface area contributed by atoms with Gasteiger partial charge in [-0.05, 0) is 49.2 Å². The van der Waals surface area contributed by atoms with Crippen LogP contribution in [0.15, 0.2) is 75.1 Å². The number of nitrogens with one attached hydrogen (secondary N) is 2. The zero-order valence-corrected chi connectivity index (χ0v) is 20.0. The van der Waals surface area contributed by atoms with Crippen LogP contribution in [0.2, 0.25) is 0 Å². The van der Waals surface area contributed by atoms with E-state index in [1.807, 2.05) is 6.07 Å². The number of H-pyrrole nitrogens is 1. The molecule has 3 rings (SSSR count). The lowest BCUT2D eigenvalue weighted by Crippen LogP contribution is -2.48. The van der Waals surface area contributed by atoms with Gasteiger partial charge < -0.3 is 9.72 Å². The first kappa shape index (κ1) is 25.9. The van der Waals surface area contributed by atoms with Crippen molar-refractivity contribution >= 4 is 15.9 Å². The van der Waals surface area contributed by atoms with E-state index >= 15 is 0 Å². The molecule has 0 aliphatic carbocycles. The number of hydrogen-bond donors (Lipinski definition) is 3. The van der Waals surface area contributed by atoms with Gasteiger partial charge in [0.05, 0.1) is 4.90 Å². The largest absolute Gasteiger partial charge is 0.457 e. The molecule has 35 heavy (non-hydrogen) atoms.